The highest BCUT2D eigenvalue weighted by molar-refractivity contribution is 7.89. The largest absolute Gasteiger partial charge is 0.336 e. The predicted molar refractivity (Wildman–Crippen MR) is 137 cm³/mol. The summed E-state index contributed by atoms with van der Waals surface area (Å²) in [6, 6.07) is 22.0. The van der Waals surface area contributed by atoms with E-state index in [9.17, 15) is 13.2 Å². The van der Waals surface area contributed by atoms with Gasteiger partial charge in [-0.15, -0.1) is 0 Å². The van der Waals surface area contributed by atoms with Crippen molar-refractivity contribution in [1.29, 1.82) is 0 Å². The third-order valence-corrected chi connectivity index (χ3v) is 8.51. The van der Waals surface area contributed by atoms with E-state index in [1.165, 1.54) is 4.31 Å². The average Bonchev–Trinajstić information content (AvgIpc) is 2.88. The SMILES string of the molecule is C[n+]1ccc(-c2ccc(C(=O)N3CCN(S(=O)(=O)c4ccc5cc(Cl)ccc5c4)CC3)cc2)cc1. The van der Waals surface area contributed by atoms with Crippen LogP contribution in [-0.2, 0) is 17.1 Å². The van der Waals surface area contributed by atoms with Crippen LogP contribution in [0.3, 0.4) is 0 Å². The number of amides is 1. The normalized spacial score (nSPS) is 14.9. The second kappa shape index (κ2) is 9.41. The van der Waals surface area contributed by atoms with Crippen molar-refractivity contribution in [2.24, 2.45) is 7.05 Å². The minimum absolute atomic E-state index is 0.0874. The summed E-state index contributed by atoms with van der Waals surface area (Å²) < 4.78 is 29.9. The third kappa shape index (κ3) is 4.80. The Labute approximate surface area is 210 Å². The van der Waals surface area contributed by atoms with Crippen LogP contribution >= 0.6 is 11.6 Å². The average molecular weight is 507 g/mol. The molecule has 1 saturated heterocycles. The van der Waals surface area contributed by atoms with E-state index in [1.807, 2.05) is 72.5 Å². The van der Waals surface area contributed by atoms with E-state index in [4.69, 9.17) is 11.6 Å². The molecule has 2 heterocycles. The van der Waals surface area contributed by atoms with Gasteiger partial charge in [0.05, 0.1) is 4.90 Å². The van der Waals surface area contributed by atoms with Gasteiger partial charge in [0.2, 0.25) is 10.0 Å². The van der Waals surface area contributed by atoms with E-state index in [1.54, 1.807) is 29.2 Å². The second-order valence-electron chi connectivity index (χ2n) is 8.68. The van der Waals surface area contributed by atoms with Crippen molar-refractivity contribution >= 4 is 38.3 Å². The number of sulfonamides is 1. The van der Waals surface area contributed by atoms with Gasteiger partial charge in [-0.25, -0.2) is 13.0 Å². The number of aromatic nitrogens is 1. The molecule has 3 aromatic carbocycles. The summed E-state index contributed by atoms with van der Waals surface area (Å²) in [6.07, 6.45) is 3.96. The molecular formula is C27H25ClN3O3S+. The first-order chi connectivity index (χ1) is 16.8. The number of rotatable bonds is 4. The lowest BCUT2D eigenvalue weighted by atomic mass is 10.0. The summed E-state index contributed by atoms with van der Waals surface area (Å²) in [7, 11) is -1.69. The number of carbonyl (C=O) groups excluding carboxylic acids is 1. The zero-order valence-electron chi connectivity index (χ0n) is 19.3. The number of hydrogen-bond donors (Lipinski definition) is 0. The molecule has 35 heavy (non-hydrogen) atoms. The van der Waals surface area contributed by atoms with Crippen LogP contribution in [-0.4, -0.2) is 49.7 Å². The Bertz CT molecular complexity index is 1500. The van der Waals surface area contributed by atoms with Crippen LogP contribution < -0.4 is 4.57 Å². The third-order valence-electron chi connectivity index (χ3n) is 6.38. The van der Waals surface area contributed by atoms with E-state index < -0.39 is 10.0 Å². The fourth-order valence-electron chi connectivity index (χ4n) is 4.32. The van der Waals surface area contributed by atoms with E-state index >= 15 is 0 Å². The van der Waals surface area contributed by atoms with E-state index in [0.29, 0.717) is 23.7 Å². The number of aryl methyl sites for hydroxylation is 1. The van der Waals surface area contributed by atoms with E-state index in [0.717, 1.165) is 21.9 Å². The molecule has 6 nitrogen and oxygen atoms in total. The molecule has 1 amide bonds. The molecule has 0 bridgehead atoms. The van der Waals surface area contributed by atoms with Crippen molar-refractivity contribution in [2.45, 2.75) is 4.90 Å². The zero-order chi connectivity index (χ0) is 24.6. The molecule has 0 aliphatic carbocycles. The van der Waals surface area contributed by atoms with Crippen molar-refractivity contribution in [3.8, 4) is 11.1 Å². The van der Waals surface area contributed by atoms with Crippen LogP contribution in [0.4, 0.5) is 0 Å². The number of hydrogen-bond acceptors (Lipinski definition) is 3. The summed E-state index contributed by atoms with van der Waals surface area (Å²) >= 11 is 6.04. The number of benzene rings is 3. The highest BCUT2D eigenvalue weighted by Crippen LogP contribution is 2.25. The molecule has 5 rings (SSSR count). The molecule has 4 aromatic rings. The van der Waals surface area contributed by atoms with E-state index in [-0.39, 0.29) is 23.9 Å². The van der Waals surface area contributed by atoms with Crippen molar-refractivity contribution in [2.75, 3.05) is 26.2 Å². The maximum Gasteiger partial charge on any atom is 0.253 e. The lowest BCUT2D eigenvalue weighted by molar-refractivity contribution is -0.671. The summed E-state index contributed by atoms with van der Waals surface area (Å²) in [4.78, 5) is 15.0. The van der Waals surface area contributed by atoms with Crippen LogP contribution in [0.1, 0.15) is 10.4 Å². The first-order valence-electron chi connectivity index (χ1n) is 11.4. The lowest BCUT2D eigenvalue weighted by Gasteiger charge is -2.34. The predicted octanol–water partition coefficient (Wildman–Crippen LogP) is 4.13. The van der Waals surface area contributed by atoms with Gasteiger partial charge in [0.25, 0.3) is 5.91 Å². The monoisotopic (exact) mass is 506 g/mol. The number of piperazine rings is 1. The summed E-state index contributed by atoms with van der Waals surface area (Å²) in [6.45, 7) is 1.20. The highest BCUT2D eigenvalue weighted by Gasteiger charge is 2.30. The molecule has 0 saturated carbocycles. The molecule has 0 N–H and O–H groups in total. The number of pyridine rings is 1. The topological polar surface area (TPSA) is 61.6 Å². The van der Waals surface area contributed by atoms with Gasteiger partial charge in [-0.2, -0.15) is 4.31 Å². The quantitative estimate of drug-likeness (QED) is 0.391. The molecule has 0 radical (unpaired) electrons. The van der Waals surface area contributed by atoms with Gasteiger partial charge in [0, 0.05) is 48.9 Å². The van der Waals surface area contributed by atoms with Gasteiger partial charge < -0.3 is 4.90 Å². The fraction of sp³-hybridized carbons (Fsp3) is 0.185. The van der Waals surface area contributed by atoms with Gasteiger partial charge >= 0.3 is 0 Å². The number of halogens is 1. The number of nitrogens with zero attached hydrogens (tertiary/aromatic N) is 3. The van der Waals surface area contributed by atoms with Gasteiger partial charge in [0.1, 0.15) is 7.05 Å². The zero-order valence-corrected chi connectivity index (χ0v) is 20.8. The fourth-order valence-corrected chi connectivity index (χ4v) is 5.96. The Morgan fingerprint density at radius 1 is 0.800 bits per heavy atom. The summed E-state index contributed by atoms with van der Waals surface area (Å²) in [5, 5.41) is 2.31. The Balaban J connectivity index is 1.26. The van der Waals surface area contributed by atoms with Crippen LogP contribution in [0.2, 0.25) is 5.02 Å². The smallest absolute Gasteiger partial charge is 0.253 e. The molecule has 8 heteroatoms. The summed E-state index contributed by atoms with van der Waals surface area (Å²) in [5.74, 6) is -0.0874. The Morgan fingerprint density at radius 3 is 2.09 bits per heavy atom. The van der Waals surface area contributed by atoms with Crippen LogP contribution in [0, 0.1) is 0 Å². The molecule has 0 atom stereocenters. The van der Waals surface area contributed by atoms with Crippen molar-refractivity contribution in [1.82, 2.24) is 9.21 Å². The molecule has 0 unspecified atom stereocenters. The van der Waals surface area contributed by atoms with Gasteiger partial charge in [-0.05, 0) is 58.3 Å². The maximum absolute atomic E-state index is 13.2. The van der Waals surface area contributed by atoms with Crippen LogP contribution in [0.15, 0.2) is 90.1 Å². The van der Waals surface area contributed by atoms with Crippen molar-refractivity contribution in [3.05, 3.63) is 95.8 Å². The summed E-state index contributed by atoms with van der Waals surface area (Å²) in [5.41, 5.74) is 2.72. The Kier molecular flexibility index (Phi) is 6.32. The molecule has 1 aliphatic rings. The standard InChI is InChI=1S/C27H25ClN3O3S/c1-29-12-10-21(11-13-29)20-2-4-22(5-3-20)27(32)30-14-16-31(17-15-30)35(33,34)26-9-7-23-18-25(28)8-6-24(23)19-26/h2-13,18-19H,14-17H2,1H3/q+1. The van der Waals surface area contributed by atoms with Gasteiger partial charge in [-0.1, -0.05) is 35.9 Å². The van der Waals surface area contributed by atoms with Crippen molar-refractivity contribution < 1.29 is 17.8 Å². The number of carbonyl (C=O) groups is 1. The van der Waals surface area contributed by atoms with Crippen molar-refractivity contribution in [3.63, 3.8) is 0 Å². The first-order valence-corrected chi connectivity index (χ1v) is 13.2. The Morgan fingerprint density at radius 2 is 1.40 bits per heavy atom. The molecule has 1 aliphatic heterocycles. The van der Waals surface area contributed by atoms with E-state index in [2.05, 4.69) is 0 Å². The second-order valence-corrected chi connectivity index (χ2v) is 11.1. The first kappa shape index (κ1) is 23.5. The highest BCUT2D eigenvalue weighted by atomic mass is 35.5. The molecule has 178 valence electrons. The van der Waals surface area contributed by atoms with Gasteiger partial charge in [0.15, 0.2) is 12.4 Å². The molecular weight excluding hydrogens is 482 g/mol. The maximum atomic E-state index is 13.2. The van der Waals surface area contributed by atoms with Gasteiger partial charge in [-0.3, -0.25) is 4.79 Å². The lowest BCUT2D eigenvalue weighted by Crippen LogP contribution is -2.50. The van der Waals surface area contributed by atoms with Crippen LogP contribution in [0.25, 0.3) is 21.9 Å². The minimum atomic E-state index is -3.66. The molecule has 1 fully saturated rings. The Hall–Kier alpha value is -3.26. The molecule has 0 spiro atoms. The number of fused-ring (bicyclic) bond motifs is 1. The molecule has 1 aromatic heterocycles. The van der Waals surface area contributed by atoms with Crippen LogP contribution in [0.5, 0.6) is 0 Å². The minimum Gasteiger partial charge on any atom is -0.336 e.